The average molecular weight is 267 g/mol. The van der Waals surface area contributed by atoms with E-state index in [1.54, 1.807) is 7.05 Å². The van der Waals surface area contributed by atoms with E-state index >= 15 is 0 Å². The summed E-state index contributed by atoms with van der Waals surface area (Å²) in [5.74, 6) is 0.926. The fourth-order valence-corrected chi connectivity index (χ4v) is 2.42. The van der Waals surface area contributed by atoms with E-state index < -0.39 is 0 Å². The van der Waals surface area contributed by atoms with Crippen molar-refractivity contribution in [1.82, 2.24) is 15.0 Å². The summed E-state index contributed by atoms with van der Waals surface area (Å²) in [5.41, 5.74) is -0.0420. The number of hydrogen-bond donors (Lipinski definition) is 3. The fraction of sp³-hybridized carbons (Fsp3) is 0.750. The molecule has 7 nitrogen and oxygen atoms in total. The summed E-state index contributed by atoms with van der Waals surface area (Å²) in [7, 11) is 3.26. The summed E-state index contributed by atoms with van der Waals surface area (Å²) in [6, 6.07) is 0.270. The average Bonchev–Trinajstić information content (AvgIpc) is 2.94. The van der Waals surface area contributed by atoms with Crippen LogP contribution in [-0.2, 0) is 0 Å². The Morgan fingerprint density at radius 1 is 1.21 bits per heavy atom. The number of aliphatic hydroxyl groups is 1. The van der Waals surface area contributed by atoms with Crippen molar-refractivity contribution in [2.24, 2.45) is 5.41 Å². The van der Waals surface area contributed by atoms with Crippen LogP contribution in [0.4, 0.5) is 11.9 Å². The highest BCUT2D eigenvalue weighted by atomic mass is 16.5. The van der Waals surface area contributed by atoms with E-state index in [9.17, 15) is 5.11 Å². The van der Waals surface area contributed by atoms with Crippen molar-refractivity contribution in [3.05, 3.63) is 0 Å². The van der Waals surface area contributed by atoms with E-state index in [2.05, 4.69) is 25.6 Å². The Morgan fingerprint density at radius 2 is 1.89 bits per heavy atom. The number of nitrogens with one attached hydrogen (secondary N) is 2. The molecule has 3 N–H and O–H groups in total. The smallest absolute Gasteiger partial charge is 0.322 e. The molecule has 0 spiro atoms. The molecule has 7 heteroatoms. The Morgan fingerprint density at radius 3 is 2.47 bits per heavy atom. The lowest BCUT2D eigenvalue weighted by Gasteiger charge is -2.26. The third-order valence-corrected chi connectivity index (χ3v) is 3.64. The predicted molar refractivity (Wildman–Crippen MR) is 72.4 cm³/mol. The van der Waals surface area contributed by atoms with E-state index in [-0.39, 0.29) is 18.0 Å². The zero-order valence-electron chi connectivity index (χ0n) is 11.4. The second kappa shape index (κ2) is 6.01. The molecule has 0 aliphatic heterocycles. The number of hydrogen-bond acceptors (Lipinski definition) is 7. The van der Waals surface area contributed by atoms with Gasteiger partial charge in [0, 0.05) is 19.0 Å². The maximum absolute atomic E-state index is 9.57. The van der Waals surface area contributed by atoms with Crippen molar-refractivity contribution in [2.75, 3.05) is 37.9 Å². The molecule has 1 aliphatic rings. The van der Waals surface area contributed by atoms with Crippen molar-refractivity contribution < 1.29 is 9.84 Å². The Hall–Kier alpha value is -1.63. The number of aromatic nitrogens is 3. The van der Waals surface area contributed by atoms with Crippen molar-refractivity contribution in [1.29, 1.82) is 0 Å². The highest BCUT2D eigenvalue weighted by Crippen LogP contribution is 2.37. The lowest BCUT2D eigenvalue weighted by Crippen LogP contribution is -2.31. The highest BCUT2D eigenvalue weighted by Gasteiger charge is 2.33. The van der Waals surface area contributed by atoms with Crippen LogP contribution in [0, 0.1) is 5.41 Å². The third-order valence-electron chi connectivity index (χ3n) is 3.64. The maximum atomic E-state index is 9.57. The van der Waals surface area contributed by atoms with E-state index in [1.165, 1.54) is 20.0 Å². The zero-order chi connectivity index (χ0) is 13.7. The van der Waals surface area contributed by atoms with Crippen LogP contribution >= 0.6 is 0 Å². The Labute approximate surface area is 112 Å². The first-order chi connectivity index (χ1) is 9.21. The largest absolute Gasteiger partial charge is 0.467 e. The highest BCUT2D eigenvalue weighted by molar-refractivity contribution is 5.35. The zero-order valence-corrected chi connectivity index (χ0v) is 11.4. The van der Waals surface area contributed by atoms with Crippen LogP contribution in [-0.4, -0.2) is 47.4 Å². The molecular weight excluding hydrogens is 246 g/mol. The summed E-state index contributed by atoms with van der Waals surface area (Å²) in [5, 5.41) is 15.6. The van der Waals surface area contributed by atoms with Crippen molar-refractivity contribution >= 4 is 11.9 Å². The molecule has 0 radical (unpaired) electrons. The van der Waals surface area contributed by atoms with Gasteiger partial charge in [0.2, 0.25) is 11.9 Å². The van der Waals surface area contributed by atoms with E-state index in [4.69, 9.17) is 4.74 Å². The molecule has 0 saturated heterocycles. The molecule has 1 heterocycles. The van der Waals surface area contributed by atoms with Crippen LogP contribution in [0.1, 0.15) is 25.7 Å². The SMILES string of the molecule is CNc1nc(NCC2(CO)CCCC2)nc(OC)n1. The molecule has 106 valence electrons. The first-order valence-corrected chi connectivity index (χ1v) is 6.54. The minimum atomic E-state index is -0.0420. The van der Waals surface area contributed by atoms with E-state index in [1.807, 2.05) is 0 Å². The quantitative estimate of drug-likeness (QED) is 0.704. The van der Waals surface area contributed by atoms with Crippen LogP contribution in [0.5, 0.6) is 6.01 Å². The minimum absolute atomic E-state index is 0.0420. The molecule has 1 fully saturated rings. The molecule has 0 bridgehead atoms. The monoisotopic (exact) mass is 267 g/mol. The first kappa shape index (κ1) is 13.8. The van der Waals surface area contributed by atoms with Gasteiger partial charge in [-0.3, -0.25) is 0 Å². The minimum Gasteiger partial charge on any atom is -0.467 e. The number of anilines is 2. The first-order valence-electron chi connectivity index (χ1n) is 6.54. The van der Waals surface area contributed by atoms with Gasteiger partial charge in [-0.2, -0.15) is 15.0 Å². The van der Waals surface area contributed by atoms with Crippen LogP contribution < -0.4 is 15.4 Å². The Kier molecular flexibility index (Phi) is 4.36. The maximum Gasteiger partial charge on any atom is 0.322 e. The van der Waals surface area contributed by atoms with Gasteiger partial charge in [-0.15, -0.1) is 0 Å². The number of nitrogens with zero attached hydrogens (tertiary/aromatic N) is 3. The molecule has 0 unspecified atom stereocenters. The number of rotatable bonds is 6. The number of ether oxygens (including phenoxy) is 1. The van der Waals surface area contributed by atoms with Gasteiger partial charge in [0.05, 0.1) is 13.7 Å². The van der Waals surface area contributed by atoms with Crippen LogP contribution in [0.2, 0.25) is 0 Å². The van der Waals surface area contributed by atoms with Gasteiger partial charge in [0.15, 0.2) is 0 Å². The second-order valence-corrected chi connectivity index (χ2v) is 4.94. The van der Waals surface area contributed by atoms with Crippen LogP contribution in [0.3, 0.4) is 0 Å². The Bertz CT molecular complexity index is 398. The second-order valence-electron chi connectivity index (χ2n) is 4.94. The van der Waals surface area contributed by atoms with Gasteiger partial charge < -0.3 is 20.5 Å². The molecule has 19 heavy (non-hydrogen) atoms. The van der Waals surface area contributed by atoms with Gasteiger partial charge in [-0.25, -0.2) is 0 Å². The normalized spacial score (nSPS) is 17.2. The van der Waals surface area contributed by atoms with E-state index in [0.29, 0.717) is 18.4 Å². The molecule has 1 aromatic heterocycles. The van der Waals surface area contributed by atoms with Crippen LogP contribution in [0.25, 0.3) is 0 Å². The standard InChI is InChI=1S/C12H21N5O2/c1-13-9-15-10(17-11(16-9)19-2)14-7-12(8-18)5-3-4-6-12/h18H,3-8H2,1-2H3,(H2,13,14,15,16,17). The third kappa shape index (κ3) is 3.23. The molecule has 1 aliphatic carbocycles. The molecule has 1 saturated carbocycles. The van der Waals surface area contributed by atoms with Crippen molar-refractivity contribution in [3.8, 4) is 6.01 Å². The summed E-state index contributed by atoms with van der Waals surface area (Å²) < 4.78 is 5.03. The summed E-state index contributed by atoms with van der Waals surface area (Å²) >= 11 is 0. The lowest BCUT2D eigenvalue weighted by atomic mass is 9.87. The predicted octanol–water partition coefficient (Wildman–Crippen LogP) is 0.886. The molecule has 2 rings (SSSR count). The van der Waals surface area contributed by atoms with Crippen molar-refractivity contribution in [3.63, 3.8) is 0 Å². The van der Waals surface area contributed by atoms with E-state index in [0.717, 1.165) is 12.8 Å². The number of aliphatic hydroxyl groups excluding tert-OH is 1. The van der Waals surface area contributed by atoms with Crippen LogP contribution in [0.15, 0.2) is 0 Å². The summed E-state index contributed by atoms with van der Waals surface area (Å²) in [4.78, 5) is 12.4. The van der Waals surface area contributed by atoms with Gasteiger partial charge in [-0.1, -0.05) is 12.8 Å². The molecular formula is C12H21N5O2. The van der Waals surface area contributed by atoms with Gasteiger partial charge in [0.25, 0.3) is 0 Å². The molecule has 0 aromatic carbocycles. The van der Waals surface area contributed by atoms with Gasteiger partial charge in [0.1, 0.15) is 0 Å². The molecule has 0 atom stereocenters. The number of methoxy groups -OCH3 is 1. The van der Waals surface area contributed by atoms with Crippen molar-refractivity contribution in [2.45, 2.75) is 25.7 Å². The topological polar surface area (TPSA) is 92.2 Å². The molecule has 0 amide bonds. The lowest BCUT2D eigenvalue weighted by molar-refractivity contribution is 0.142. The summed E-state index contributed by atoms with van der Waals surface area (Å²) in [6.07, 6.45) is 4.42. The molecule has 1 aromatic rings. The fourth-order valence-electron chi connectivity index (χ4n) is 2.42. The summed E-state index contributed by atoms with van der Waals surface area (Å²) in [6.45, 7) is 0.862. The van der Waals surface area contributed by atoms with Gasteiger partial charge in [-0.05, 0) is 12.8 Å². The van der Waals surface area contributed by atoms with Gasteiger partial charge >= 0.3 is 6.01 Å². The Balaban J connectivity index is 2.06.